The minimum absolute atomic E-state index is 0.202. The van der Waals surface area contributed by atoms with Gasteiger partial charge in [0, 0.05) is 43.3 Å². The topological polar surface area (TPSA) is 135 Å². The quantitative estimate of drug-likeness (QED) is 0.0423. The molecule has 69 heavy (non-hydrogen) atoms. The summed E-state index contributed by atoms with van der Waals surface area (Å²) in [6.45, 7) is 6.33. The van der Waals surface area contributed by atoms with E-state index in [-0.39, 0.29) is 28.4 Å². The maximum absolute atomic E-state index is 14.2. The van der Waals surface area contributed by atoms with Crippen molar-refractivity contribution in [1.82, 2.24) is 18.9 Å². The Morgan fingerprint density at radius 2 is 1.07 bits per heavy atom. The highest BCUT2D eigenvalue weighted by Crippen LogP contribution is 2.41. The van der Waals surface area contributed by atoms with E-state index in [2.05, 4.69) is 42.4 Å². The highest BCUT2D eigenvalue weighted by Gasteiger charge is 2.28. The highest BCUT2D eigenvalue weighted by molar-refractivity contribution is 5.61. The van der Waals surface area contributed by atoms with Crippen molar-refractivity contribution in [3.8, 4) is 28.8 Å². The maximum Gasteiger partial charge on any atom is 0.281 e. The van der Waals surface area contributed by atoms with Gasteiger partial charge in [-0.15, -0.1) is 20.5 Å². The molecule has 0 saturated heterocycles. The molecule has 7 aromatic rings. The SMILES string of the molecule is COc1cc(C(c2ccccc2)c2ccc(/N=N/c3c(C)c(-[n+]4ccccc4)c(OC)n(CCCN(C)C)c3=O)c(OC)c2)ccc1/N=N/c1c(C)c(-[n+]2ccccc2)cn(CCCN(C)C)c1=O. The van der Waals surface area contributed by atoms with Crippen LogP contribution < -0.4 is 34.5 Å². The number of ether oxygens (including phenoxy) is 3. The van der Waals surface area contributed by atoms with Crippen LogP contribution in [0.1, 0.15) is 46.6 Å². The number of methoxy groups -OCH3 is 3. The van der Waals surface area contributed by atoms with Crippen LogP contribution in [0.3, 0.4) is 0 Å². The Morgan fingerprint density at radius 3 is 1.59 bits per heavy atom. The molecule has 0 aliphatic heterocycles. The molecule has 0 spiro atoms. The Hall–Kier alpha value is -7.62. The standard InChI is InChI=1S/C54H62N10O5/c1-38-45(61-29-15-11-16-30-61)37-63(33-19-27-59(3)4)52(65)49(38)57-55-43-25-23-41(35-46(43)67-7)48(40-21-13-10-14-22-40)42-24-26-44(47(36-42)68-8)56-58-50-39(2)51(62-31-17-12-18-32-62)54(69-9)64(53(50)66)34-20-28-60(5)6/h10-18,21-26,29-32,35-37,48H,19-20,27-28,33-34H2,1-9H3/q+2/b57-55+,58-56+. The molecule has 15 heteroatoms. The number of rotatable bonds is 20. The molecule has 356 valence electrons. The van der Waals surface area contributed by atoms with Crippen LogP contribution in [0.2, 0.25) is 0 Å². The summed E-state index contributed by atoms with van der Waals surface area (Å²) in [7, 11) is 12.8. The van der Waals surface area contributed by atoms with Crippen LogP contribution in [0.4, 0.5) is 22.7 Å². The molecule has 1 unspecified atom stereocenters. The van der Waals surface area contributed by atoms with Gasteiger partial charge in [-0.05, 0) is 109 Å². The summed E-state index contributed by atoms with van der Waals surface area (Å²) in [6, 6.07) is 33.4. The summed E-state index contributed by atoms with van der Waals surface area (Å²) in [5.41, 5.74) is 6.61. The summed E-state index contributed by atoms with van der Waals surface area (Å²) >= 11 is 0. The molecule has 4 aromatic heterocycles. The molecule has 0 aliphatic carbocycles. The molecule has 0 fully saturated rings. The van der Waals surface area contributed by atoms with Crippen molar-refractivity contribution < 1.29 is 23.3 Å². The summed E-state index contributed by atoms with van der Waals surface area (Å²) in [6.07, 6.45) is 11.1. The molecule has 0 radical (unpaired) electrons. The summed E-state index contributed by atoms with van der Waals surface area (Å²) in [5, 5.41) is 18.6. The Morgan fingerprint density at radius 1 is 0.565 bits per heavy atom. The van der Waals surface area contributed by atoms with Gasteiger partial charge in [-0.2, -0.15) is 9.13 Å². The first-order valence-electron chi connectivity index (χ1n) is 23.0. The lowest BCUT2D eigenvalue weighted by atomic mass is 9.84. The van der Waals surface area contributed by atoms with Crippen LogP contribution in [0.5, 0.6) is 17.4 Å². The fourth-order valence-electron chi connectivity index (χ4n) is 8.43. The van der Waals surface area contributed by atoms with Crippen molar-refractivity contribution in [3.05, 3.63) is 183 Å². The summed E-state index contributed by atoms with van der Waals surface area (Å²) < 4.78 is 25.1. The van der Waals surface area contributed by atoms with E-state index < -0.39 is 0 Å². The van der Waals surface area contributed by atoms with Crippen LogP contribution in [0.15, 0.2) is 164 Å². The lowest BCUT2D eigenvalue weighted by molar-refractivity contribution is -0.597. The molecule has 0 saturated carbocycles. The van der Waals surface area contributed by atoms with Crippen molar-refractivity contribution >= 4 is 22.7 Å². The molecule has 0 aliphatic rings. The van der Waals surface area contributed by atoms with E-state index in [1.807, 2.05) is 173 Å². The van der Waals surface area contributed by atoms with Gasteiger partial charge < -0.3 is 28.6 Å². The number of benzene rings is 3. The highest BCUT2D eigenvalue weighted by atomic mass is 16.5. The van der Waals surface area contributed by atoms with E-state index in [1.54, 1.807) is 30.5 Å². The van der Waals surface area contributed by atoms with Crippen LogP contribution in [-0.4, -0.2) is 81.5 Å². The molecular formula is C54H62N10O5+2. The number of aromatic nitrogens is 4. The Labute approximate surface area is 403 Å². The Balaban J connectivity index is 1.26. The van der Waals surface area contributed by atoms with Gasteiger partial charge in [0.05, 0.1) is 38.7 Å². The monoisotopic (exact) mass is 930 g/mol. The largest absolute Gasteiger partial charge is 0.494 e. The number of aryl methyl sites for hydroxylation is 1. The molecular weight excluding hydrogens is 869 g/mol. The summed E-state index contributed by atoms with van der Waals surface area (Å²) in [4.78, 5) is 32.4. The van der Waals surface area contributed by atoms with E-state index in [0.29, 0.717) is 58.7 Å². The fraction of sp³-hybridized carbons (Fsp3) is 0.296. The van der Waals surface area contributed by atoms with E-state index in [9.17, 15) is 9.59 Å². The first-order valence-corrected chi connectivity index (χ1v) is 23.0. The summed E-state index contributed by atoms with van der Waals surface area (Å²) in [5.74, 6) is 1.14. The first-order chi connectivity index (χ1) is 33.4. The van der Waals surface area contributed by atoms with Gasteiger partial charge in [-0.3, -0.25) is 14.2 Å². The zero-order valence-corrected chi connectivity index (χ0v) is 41.0. The maximum atomic E-state index is 14.2. The number of hydrogen-bond acceptors (Lipinski definition) is 11. The molecule has 0 bridgehead atoms. The zero-order chi connectivity index (χ0) is 49.0. The van der Waals surface area contributed by atoms with Gasteiger partial charge in [0.15, 0.2) is 36.2 Å². The third-order valence-electron chi connectivity index (χ3n) is 12.0. The second-order valence-corrected chi connectivity index (χ2v) is 17.3. The predicted octanol–water partition coefficient (Wildman–Crippen LogP) is 9.12. The van der Waals surface area contributed by atoms with Crippen LogP contribution in [0, 0.1) is 13.8 Å². The first kappa shape index (κ1) is 49.3. The molecule has 15 nitrogen and oxygen atoms in total. The number of hydrogen-bond donors (Lipinski definition) is 0. The zero-order valence-electron chi connectivity index (χ0n) is 41.0. The lowest BCUT2D eigenvalue weighted by Gasteiger charge is -2.21. The molecule has 0 N–H and O–H groups in total. The van der Waals surface area contributed by atoms with Crippen molar-refractivity contribution in [3.63, 3.8) is 0 Å². The molecule has 4 heterocycles. The van der Waals surface area contributed by atoms with E-state index in [4.69, 9.17) is 14.2 Å². The average molecular weight is 931 g/mol. The number of pyridine rings is 4. The number of nitrogens with zero attached hydrogens (tertiary/aromatic N) is 10. The number of azo groups is 2. The minimum atomic E-state index is -0.300. The van der Waals surface area contributed by atoms with Gasteiger partial charge in [-0.1, -0.05) is 54.6 Å². The normalized spacial score (nSPS) is 12.1. The van der Waals surface area contributed by atoms with Crippen LogP contribution >= 0.6 is 0 Å². The van der Waals surface area contributed by atoms with Gasteiger partial charge in [0.2, 0.25) is 5.69 Å². The molecule has 0 amide bonds. The third-order valence-corrected chi connectivity index (χ3v) is 12.0. The Kier molecular flexibility index (Phi) is 16.4. The van der Waals surface area contributed by atoms with Gasteiger partial charge in [-0.25, -0.2) is 0 Å². The van der Waals surface area contributed by atoms with E-state index in [1.165, 1.54) is 0 Å². The van der Waals surface area contributed by atoms with Crippen molar-refractivity contribution in [2.24, 2.45) is 20.5 Å². The van der Waals surface area contributed by atoms with Crippen LogP contribution in [-0.2, 0) is 13.1 Å². The smallest absolute Gasteiger partial charge is 0.281 e. The van der Waals surface area contributed by atoms with Gasteiger partial charge in [0.25, 0.3) is 22.7 Å². The minimum Gasteiger partial charge on any atom is -0.494 e. The van der Waals surface area contributed by atoms with Gasteiger partial charge >= 0.3 is 0 Å². The molecule has 3 aromatic carbocycles. The second-order valence-electron chi connectivity index (χ2n) is 17.3. The fourth-order valence-corrected chi connectivity index (χ4v) is 8.43. The van der Waals surface area contributed by atoms with Crippen molar-refractivity contribution in [1.29, 1.82) is 0 Å². The Bertz CT molecular complexity index is 3040. The molecule has 7 rings (SSSR count). The predicted molar refractivity (Wildman–Crippen MR) is 269 cm³/mol. The van der Waals surface area contributed by atoms with Crippen molar-refractivity contribution in [2.45, 2.75) is 45.7 Å². The molecule has 1 atom stereocenters. The lowest BCUT2D eigenvalue weighted by Crippen LogP contribution is -2.35. The third kappa shape index (κ3) is 11.4. The van der Waals surface area contributed by atoms with Gasteiger partial charge in [0.1, 0.15) is 22.9 Å². The van der Waals surface area contributed by atoms with E-state index >= 15 is 0 Å². The second kappa shape index (κ2) is 22.9. The van der Waals surface area contributed by atoms with Crippen LogP contribution in [0.25, 0.3) is 11.4 Å². The average Bonchev–Trinajstić information content (AvgIpc) is 3.36. The van der Waals surface area contributed by atoms with Crippen molar-refractivity contribution in [2.75, 3.05) is 62.6 Å². The van der Waals surface area contributed by atoms with E-state index in [0.717, 1.165) is 48.3 Å².